The van der Waals surface area contributed by atoms with Gasteiger partial charge in [0.2, 0.25) is 5.88 Å². The van der Waals surface area contributed by atoms with Crippen molar-refractivity contribution >= 4 is 21.4 Å². The van der Waals surface area contributed by atoms with Gasteiger partial charge in [-0.15, -0.1) is 5.10 Å². The molecule has 1 aliphatic rings. The van der Waals surface area contributed by atoms with Gasteiger partial charge in [-0.25, -0.2) is 22.9 Å². The molecule has 0 radical (unpaired) electrons. The fourth-order valence-electron chi connectivity index (χ4n) is 5.06. The first kappa shape index (κ1) is 31.4. The predicted molar refractivity (Wildman–Crippen MR) is 161 cm³/mol. The molecule has 13 nitrogen and oxygen atoms in total. The first-order valence-electron chi connectivity index (χ1n) is 14.4. The Morgan fingerprint density at radius 1 is 1.00 bits per heavy atom. The second-order valence-corrected chi connectivity index (χ2v) is 12.3. The number of sulfonamides is 1. The van der Waals surface area contributed by atoms with E-state index in [2.05, 4.69) is 29.9 Å². The topological polar surface area (TPSA) is 142 Å². The van der Waals surface area contributed by atoms with Gasteiger partial charge in [-0.2, -0.15) is 18.3 Å². The second-order valence-electron chi connectivity index (χ2n) is 10.6. The molecule has 0 aliphatic carbocycles. The number of nitrogens with zero attached hydrogens (tertiary/aromatic N) is 8. The van der Waals surface area contributed by atoms with Crippen LogP contribution in [-0.4, -0.2) is 94.0 Å². The maximum atomic E-state index is 13.1. The van der Waals surface area contributed by atoms with Crippen LogP contribution in [0.15, 0.2) is 66.0 Å². The molecule has 1 saturated heterocycles. The number of pyridine rings is 1. The van der Waals surface area contributed by atoms with E-state index in [1.54, 1.807) is 27.5 Å². The Labute approximate surface area is 262 Å². The van der Waals surface area contributed by atoms with E-state index in [4.69, 9.17) is 14.6 Å². The standard InChI is InChI=1S/C29H30F3N9O4S/c1-44-28-24(37-46(42,43)22-5-3-20(4-6-22)16-29(30,31)32)15-21(17-34-28)23-7-8-27-33-18-26(41(27)36-23)25-19-40(38-35-25)10-2-9-39-11-13-45-14-12-39/h3-8,15,17-19,37H,2,9-14,16H2,1H3. The minimum absolute atomic E-state index is 0.00403. The maximum Gasteiger partial charge on any atom is 0.393 e. The molecule has 0 spiro atoms. The number of hydrogen-bond donors (Lipinski definition) is 1. The lowest BCUT2D eigenvalue weighted by molar-refractivity contribution is -0.127. The number of aromatic nitrogens is 7. The summed E-state index contributed by atoms with van der Waals surface area (Å²) < 4.78 is 80.9. The molecule has 6 rings (SSSR count). The highest BCUT2D eigenvalue weighted by atomic mass is 32.2. The van der Waals surface area contributed by atoms with Crippen LogP contribution in [0.5, 0.6) is 5.88 Å². The van der Waals surface area contributed by atoms with Crippen LogP contribution >= 0.6 is 0 Å². The van der Waals surface area contributed by atoms with Crippen LogP contribution < -0.4 is 9.46 Å². The Kier molecular flexibility index (Phi) is 8.88. The van der Waals surface area contributed by atoms with E-state index in [0.717, 1.165) is 63.5 Å². The smallest absolute Gasteiger partial charge is 0.393 e. The molecule has 1 aromatic carbocycles. The van der Waals surface area contributed by atoms with Crippen molar-refractivity contribution < 1.29 is 31.1 Å². The zero-order chi connectivity index (χ0) is 32.3. The van der Waals surface area contributed by atoms with Gasteiger partial charge in [0.1, 0.15) is 17.1 Å². The van der Waals surface area contributed by atoms with Crippen molar-refractivity contribution in [3.63, 3.8) is 0 Å². The van der Waals surface area contributed by atoms with E-state index in [0.29, 0.717) is 34.8 Å². The number of rotatable bonds is 11. The highest BCUT2D eigenvalue weighted by Crippen LogP contribution is 2.30. The molecule has 1 N–H and O–H groups in total. The molecular weight excluding hydrogens is 627 g/mol. The number of morpholine rings is 1. The van der Waals surface area contributed by atoms with Crippen molar-refractivity contribution in [3.05, 3.63) is 66.6 Å². The molecule has 0 amide bonds. The van der Waals surface area contributed by atoms with Gasteiger partial charge < -0.3 is 9.47 Å². The number of ether oxygens (including phenoxy) is 2. The lowest BCUT2D eigenvalue weighted by Gasteiger charge is -2.26. The number of benzene rings is 1. The Morgan fingerprint density at radius 2 is 1.78 bits per heavy atom. The normalized spacial score (nSPS) is 14.5. The largest absolute Gasteiger partial charge is 0.480 e. The van der Waals surface area contributed by atoms with Gasteiger partial charge in [-0.05, 0) is 42.3 Å². The maximum absolute atomic E-state index is 13.1. The van der Waals surface area contributed by atoms with Gasteiger partial charge >= 0.3 is 6.18 Å². The zero-order valence-corrected chi connectivity index (χ0v) is 25.5. The number of anilines is 1. The Morgan fingerprint density at radius 3 is 2.52 bits per heavy atom. The summed E-state index contributed by atoms with van der Waals surface area (Å²) in [5.41, 5.74) is 2.66. The summed E-state index contributed by atoms with van der Waals surface area (Å²) in [5, 5.41) is 13.3. The molecule has 0 bridgehead atoms. The fraction of sp³-hybridized carbons (Fsp3) is 0.345. The Balaban J connectivity index is 1.21. The third kappa shape index (κ3) is 7.27. The van der Waals surface area contributed by atoms with E-state index < -0.39 is 22.6 Å². The Hall–Kier alpha value is -4.61. The van der Waals surface area contributed by atoms with Crippen LogP contribution in [0.3, 0.4) is 0 Å². The molecule has 4 aromatic heterocycles. The molecular formula is C29H30F3N9O4S. The third-order valence-corrected chi connectivity index (χ3v) is 8.73. The highest BCUT2D eigenvalue weighted by Gasteiger charge is 2.28. The lowest BCUT2D eigenvalue weighted by atomic mass is 10.1. The quantitative estimate of drug-likeness (QED) is 0.224. The molecule has 0 saturated carbocycles. The van der Waals surface area contributed by atoms with Crippen LogP contribution in [0.25, 0.3) is 28.3 Å². The number of hydrogen-bond acceptors (Lipinski definition) is 10. The molecule has 0 unspecified atom stereocenters. The fourth-order valence-corrected chi connectivity index (χ4v) is 6.11. The highest BCUT2D eigenvalue weighted by molar-refractivity contribution is 7.92. The van der Waals surface area contributed by atoms with E-state index in [9.17, 15) is 21.6 Å². The van der Waals surface area contributed by atoms with Gasteiger partial charge in [0.25, 0.3) is 10.0 Å². The molecule has 17 heteroatoms. The van der Waals surface area contributed by atoms with Gasteiger partial charge in [-0.3, -0.25) is 14.3 Å². The van der Waals surface area contributed by atoms with Crippen molar-refractivity contribution in [1.82, 2.24) is 39.5 Å². The SMILES string of the molecule is COc1ncc(-c2ccc3ncc(-c4cn(CCCN5CCOCC5)nn4)n3n2)cc1NS(=O)(=O)c1ccc(CC(F)(F)F)cc1. The van der Waals surface area contributed by atoms with E-state index in [1.165, 1.54) is 19.4 Å². The van der Waals surface area contributed by atoms with Gasteiger partial charge in [-0.1, -0.05) is 17.3 Å². The van der Waals surface area contributed by atoms with Crippen molar-refractivity contribution in [2.24, 2.45) is 0 Å². The van der Waals surface area contributed by atoms with E-state index in [1.807, 2.05) is 6.20 Å². The molecule has 242 valence electrons. The predicted octanol–water partition coefficient (Wildman–Crippen LogP) is 3.69. The first-order valence-corrected chi connectivity index (χ1v) is 15.8. The molecule has 1 fully saturated rings. The summed E-state index contributed by atoms with van der Waals surface area (Å²) in [5.74, 6) is -0.00403. The number of methoxy groups -OCH3 is 1. The van der Waals surface area contributed by atoms with Crippen molar-refractivity contribution in [3.8, 4) is 28.5 Å². The molecule has 0 atom stereocenters. The summed E-state index contributed by atoms with van der Waals surface area (Å²) in [6, 6.07) is 9.47. The number of aryl methyl sites for hydroxylation is 1. The van der Waals surface area contributed by atoms with Crippen molar-refractivity contribution in [1.29, 1.82) is 0 Å². The number of imidazole rings is 1. The van der Waals surface area contributed by atoms with Gasteiger partial charge in [0.15, 0.2) is 5.65 Å². The van der Waals surface area contributed by atoms with E-state index in [-0.39, 0.29) is 22.0 Å². The van der Waals surface area contributed by atoms with Gasteiger partial charge in [0, 0.05) is 37.9 Å². The van der Waals surface area contributed by atoms with Crippen LogP contribution in [0, 0.1) is 0 Å². The summed E-state index contributed by atoms with van der Waals surface area (Å²) in [6.45, 7) is 5.02. The minimum atomic E-state index is -4.41. The van der Waals surface area contributed by atoms with Crippen LogP contribution in [0.4, 0.5) is 18.9 Å². The monoisotopic (exact) mass is 657 g/mol. The lowest BCUT2D eigenvalue weighted by Crippen LogP contribution is -2.37. The number of nitrogens with one attached hydrogen (secondary N) is 1. The first-order chi connectivity index (χ1) is 22.1. The summed E-state index contributed by atoms with van der Waals surface area (Å²) >= 11 is 0. The van der Waals surface area contributed by atoms with E-state index >= 15 is 0 Å². The Bertz CT molecular complexity index is 1920. The zero-order valence-electron chi connectivity index (χ0n) is 24.7. The molecule has 1 aliphatic heterocycles. The summed E-state index contributed by atoms with van der Waals surface area (Å²) in [7, 11) is -2.86. The average molecular weight is 658 g/mol. The summed E-state index contributed by atoms with van der Waals surface area (Å²) in [6.07, 6.45) is 0.323. The molecule has 46 heavy (non-hydrogen) atoms. The number of alkyl halides is 3. The molecule has 5 heterocycles. The third-order valence-electron chi connectivity index (χ3n) is 7.35. The van der Waals surface area contributed by atoms with Crippen molar-refractivity contribution in [2.75, 3.05) is 44.7 Å². The van der Waals surface area contributed by atoms with Crippen LogP contribution in [0.2, 0.25) is 0 Å². The average Bonchev–Trinajstić information content (AvgIpc) is 3.67. The van der Waals surface area contributed by atoms with Gasteiger partial charge in [0.05, 0.1) is 49.7 Å². The number of fused-ring (bicyclic) bond motifs is 1. The minimum Gasteiger partial charge on any atom is -0.480 e. The van der Waals surface area contributed by atoms with Crippen molar-refractivity contribution in [2.45, 2.75) is 30.5 Å². The van der Waals surface area contributed by atoms with Crippen LogP contribution in [0.1, 0.15) is 12.0 Å². The summed E-state index contributed by atoms with van der Waals surface area (Å²) in [4.78, 5) is 10.8. The second kappa shape index (κ2) is 13.0. The molecule has 5 aromatic rings. The van der Waals surface area contributed by atoms with Crippen LogP contribution in [-0.2, 0) is 27.7 Å². The number of halogens is 3.